The third kappa shape index (κ3) is 3.41. The fourth-order valence-corrected chi connectivity index (χ4v) is 5.18. The van der Waals surface area contributed by atoms with E-state index in [0.717, 1.165) is 12.8 Å². The molecule has 0 aliphatic rings. The van der Waals surface area contributed by atoms with Crippen molar-refractivity contribution >= 4 is 0 Å². The van der Waals surface area contributed by atoms with Crippen LogP contribution in [0.1, 0.15) is 69.5 Å². The van der Waals surface area contributed by atoms with Gasteiger partial charge in [-0.2, -0.15) is 0 Å². The van der Waals surface area contributed by atoms with Crippen LogP contribution < -0.4 is 0 Å². The van der Waals surface area contributed by atoms with Crippen molar-refractivity contribution in [2.24, 2.45) is 0 Å². The van der Waals surface area contributed by atoms with Gasteiger partial charge >= 0.3 is 0 Å². The fraction of sp³-hybridized carbons (Fsp3) is 0.400. The average Bonchev–Trinajstić information content (AvgIpc) is 2.73. The topological polar surface area (TPSA) is 0 Å². The highest BCUT2D eigenvalue weighted by atomic mass is 14.2. The Morgan fingerprint density at radius 2 is 0.700 bits per heavy atom. The second kappa shape index (κ2) is 8.42. The van der Waals surface area contributed by atoms with Gasteiger partial charge in [0.25, 0.3) is 0 Å². The molecule has 0 bridgehead atoms. The van der Waals surface area contributed by atoms with Crippen molar-refractivity contribution in [3.63, 3.8) is 0 Å². The Hall–Kier alpha value is -2.34. The lowest BCUT2D eigenvalue weighted by molar-refractivity contribution is 1.09. The average molecular weight is 399 g/mol. The van der Waals surface area contributed by atoms with Crippen LogP contribution >= 0.6 is 0 Å². The molecule has 0 fully saturated rings. The Kier molecular flexibility index (Phi) is 6.27. The summed E-state index contributed by atoms with van der Waals surface area (Å²) in [5.74, 6) is 0. The van der Waals surface area contributed by atoms with Gasteiger partial charge in [0.1, 0.15) is 0 Å². The van der Waals surface area contributed by atoms with Crippen LogP contribution in [0.3, 0.4) is 0 Å². The summed E-state index contributed by atoms with van der Waals surface area (Å²) in [6.07, 6.45) is 2.18. The molecule has 0 nitrogen and oxygen atoms in total. The number of hydrogen-bond acceptors (Lipinski definition) is 0. The molecular weight excluding hydrogens is 360 g/mol. The molecular formula is C30H38. The van der Waals surface area contributed by atoms with Crippen molar-refractivity contribution in [1.29, 1.82) is 0 Å². The predicted molar refractivity (Wildman–Crippen MR) is 134 cm³/mol. The van der Waals surface area contributed by atoms with Gasteiger partial charge in [-0.05, 0) is 146 Å². The predicted octanol–water partition coefficient (Wildman–Crippen LogP) is 8.61. The largest absolute Gasteiger partial charge is 0.0613 e. The van der Waals surface area contributed by atoms with E-state index >= 15 is 0 Å². The molecule has 0 aliphatic heterocycles. The van der Waals surface area contributed by atoms with Crippen LogP contribution in [0.15, 0.2) is 24.3 Å². The quantitative estimate of drug-likeness (QED) is 0.412. The molecule has 0 aromatic heterocycles. The van der Waals surface area contributed by atoms with E-state index in [2.05, 4.69) is 93.5 Å². The Balaban J connectivity index is 2.32. The van der Waals surface area contributed by atoms with Gasteiger partial charge in [-0.25, -0.2) is 0 Å². The number of aryl methyl sites for hydroxylation is 2. The Morgan fingerprint density at radius 3 is 0.967 bits per heavy atom. The first kappa shape index (κ1) is 22.3. The smallest absolute Gasteiger partial charge is 0.0117 e. The van der Waals surface area contributed by atoms with Gasteiger partial charge in [0.15, 0.2) is 0 Å². The maximum Gasteiger partial charge on any atom is -0.0117 e. The molecule has 0 aliphatic carbocycles. The summed E-state index contributed by atoms with van der Waals surface area (Å²) < 4.78 is 0. The van der Waals surface area contributed by atoms with Crippen LogP contribution in [0.4, 0.5) is 0 Å². The molecule has 0 radical (unpaired) electrons. The third-order valence-electron chi connectivity index (χ3n) is 7.72. The Morgan fingerprint density at radius 1 is 0.400 bits per heavy atom. The van der Waals surface area contributed by atoms with Gasteiger partial charge in [-0.1, -0.05) is 38.1 Å². The molecule has 0 heterocycles. The van der Waals surface area contributed by atoms with Gasteiger partial charge in [-0.15, -0.1) is 0 Å². The van der Waals surface area contributed by atoms with E-state index in [4.69, 9.17) is 0 Å². The van der Waals surface area contributed by atoms with Crippen molar-refractivity contribution in [3.8, 4) is 22.3 Å². The van der Waals surface area contributed by atoms with E-state index < -0.39 is 0 Å². The molecule has 0 saturated heterocycles. The van der Waals surface area contributed by atoms with Gasteiger partial charge in [0.2, 0.25) is 0 Å². The molecule has 0 amide bonds. The highest BCUT2D eigenvalue weighted by molar-refractivity contribution is 5.85. The molecule has 0 heteroatoms. The summed E-state index contributed by atoms with van der Waals surface area (Å²) in [7, 11) is 0. The summed E-state index contributed by atoms with van der Waals surface area (Å²) in [4.78, 5) is 0. The van der Waals surface area contributed by atoms with Crippen LogP contribution in [0.25, 0.3) is 22.3 Å². The van der Waals surface area contributed by atoms with Crippen molar-refractivity contribution in [2.45, 2.75) is 82.1 Å². The number of benzene rings is 3. The number of rotatable bonds is 4. The second-order valence-corrected chi connectivity index (χ2v) is 9.00. The monoisotopic (exact) mass is 398 g/mol. The minimum absolute atomic E-state index is 1.09. The molecule has 30 heavy (non-hydrogen) atoms. The first-order valence-electron chi connectivity index (χ1n) is 11.4. The lowest BCUT2D eigenvalue weighted by Gasteiger charge is -2.24. The molecule has 0 saturated carbocycles. The second-order valence-electron chi connectivity index (χ2n) is 9.00. The molecule has 0 N–H and O–H groups in total. The first-order chi connectivity index (χ1) is 14.1. The van der Waals surface area contributed by atoms with Crippen LogP contribution in [-0.2, 0) is 12.8 Å². The van der Waals surface area contributed by atoms with Crippen molar-refractivity contribution < 1.29 is 0 Å². The molecule has 3 aromatic carbocycles. The van der Waals surface area contributed by atoms with E-state index in [1.807, 2.05) is 0 Å². The minimum Gasteiger partial charge on any atom is -0.0613 e. The third-order valence-corrected chi connectivity index (χ3v) is 7.72. The summed E-state index contributed by atoms with van der Waals surface area (Å²) in [5, 5.41) is 0. The standard InChI is InChI=1S/C30H38/c1-11-25-13-15-27(19(5)17(25)3)29-21(7)23(9)30(24(10)22(29)8)28-16-14-26(12-2)18(4)20(28)6/h13-16H,11-12H2,1-10H3. The summed E-state index contributed by atoms with van der Waals surface area (Å²) in [6, 6.07) is 9.35. The van der Waals surface area contributed by atoms with Gasteiger partial charge in [0, 0.05) is 0 Å². The van der Waals surface area contributed by atoms with Crippen molar-refractivity contribution in [2.75, 3.05) is 0 Å². The highest BCUT2D eigenvalue weighted by Gasteiger charge is 2.20. The van der Waals surface area contributed by atoms with E-state index in [1.165, 1.54) is 77.9 Å². The zero-order chi connectivity index (χ0) is 22.3. The van der Waals surface area contributed by atoms with Crippen LogP contribution in [0.5, 0.6) is 0 Å². The van der Waals surface area contributed by atoms with E-state index in [9.17, 15) is 0 Å². The molecule has 0 unspecified atom stereocenters. The van der Waals surface area contributed by atoms with E-state index in [1.54, 1.807) is 0 Å². The highest BCUT2D eigenvalue weighted by Crippen LogP contribution is 2.42. The zero-order valence-corrected chi connectivity index (χ0v) is 20.7. The summed E-state index contributed by atoms with van der Waals surface area (Å²) >= 11 is 0. The van der Waals surface area contributed by atoms with Crippen molar-refractivity contribution in [1.82, 2.24) is 0 Å². The number of hydrogen-bond donors (Lipinski definition) is 0. The van der Waals surface area contributed by atoms with Crippen LogP contribution in [0.2, 0.25) is 0 Å². The van der Waals surface area contributed by atoms with Gasteiger partial charge in [0.05, 0.1) is 0 Å². The van der Waals surface area contributed by atoms with Gasteiger partial charge < -0.3 is 0 Å². The van der Waals surface area contributed by atoms with Crippen LogP contribution in [-0.4, -0.2) is 0 Å². The SMILES string of the molecule is CCc1ccc(-c2c(C)c(C)c(-c3ccc(CC)c(C)c3C)c(C)c2C)c(C)c1C. The molecule has 0 atom stereocenters. The normalized spacial score (nSPS) is 11.3. The van der Waals surface area contributed by atoms with E-state index in [-0.39, 0.29) is 0 Å². The van der Waals surface area contributed by atoms with Gasteiger partial charge in [-0.3, -0.25) is 0 Å². The lowest BCUT2D eigenvalue weighted by Crippen LogP contribution is -2.04. The lowest BCUT2D eigenvalue weighted by atomic mass is 9.80. The molecule has 158 valence electrons. The molecule has 3 rings (SSSR count). The maximum absolute atomic E-state index is 2.35. The van der Waals surface area contributed by atoms with E-state index in [0.29, 0.717) is 0 Å². The Bertz CT molecular complexity index is 1010. The molecule has 0 spiro atoms. The summed E-state index contributed by atoms with van der Waals surface area (Å²) in [5.41, 5.74) is 19.9. The molecule has 3 aromatic rings. The zero-order valence-electron chi connectivity index (χ0n) is 20.7. The maximum atomic E-state index is 2.35. The Labute approximate surface area is 184 Å². The van der Waals surface area contributed by atoms with Crippen LogP contribution in [0, 0.1) is 55.4 Å². The fourth-order valence-electron chi connectivity index (χ4n) is 5.18. The summed E-state index contributed by atoms with van der Waals surface area (Å²) in [6.45, 7) is 22.9. The van der Waals surface area contributed by atoms with Crippen molar-refractivity contribution in [3.05, 3.63) is 79.9 Å². The first-order valence-corrected chi connectivity index (χ1v) is 11.4. The minimum atomic E-state index is 1.09.